The van der Waals surface area contributed by atoms with Crippen LogP contribution in [0.25, 0.3) is 0 Å². The number of hydrogen-bond acceptors (Lipinski definition) is 4. The van der Waals surface area contributed by atoms with Gasteiger partial charge in [-0.3, -0.25) is 4.79 Å². The first-order chi connectivity index (χ1) is 9.20. The third kappa shape index (κ3) is 3.25. The summed E-state index contributed by atoms with van der Waals surface area (Å²) >= 11 is 0. The molecule has 0 aliphatic rings. The van der Waals surface area contributed by atoms with Crippen LogP contribution in [-0.2, 0) is 0 Å². The first kappa shape index (κ1) is 12.9. The molecule has 19 heavy (non-hydrogen) atoms. The number of amides is 1. The molecule has 98 valence electrons. The van der Waals surface area contributed by atoms with Crippen LogP contribution < -0.4 is 10.1 Å². The molecule has 6 heteroatoms. The highest BCUT2D eigenvalue weighted by Gasteiger charge is 2.12. The summed E-state index contributed by atoms with van der Waals surface area (Å²) in [5, 5.41) is 2.58. The number of halogens is 1. The van der Waals surface area contributed by atoms with Gasteiger partial charge in [-0.25, -0.2) is 9.97 Å². The van der Waals surface area contributed by atoms with Gasteiger partial charge in [0.2, 0.25) is 11.8 Å². The Morgan fingerprint density at radius 3 is 2.95 bits per heavy atom. The van der Waals surface area contributed by atoms with Gasteiger partial charge in [0.1, 0.15) is 11.4 Å². The molecule has 2 heterocycles. The van der Waals surface area contributed by atoms with E-state index in [1.807, 2.05) is 6.92 Å². The number of nitrogens with one attached hydrogen (secondary N) is 1. The van der Waals surface area contributed by atoms with E-state index in [-0.39, 0.29) is 5.69 Å². The topological polar surface area (TPSA) is 64.1 Å². The number of anilines is 1. The van der Waals surface area contributed by atoms with Crippen molar-refractivity contribution < 1.29 is 13.9 Å². The minimum absolute atomic E-state index is 0.00805. The Morgan fingerprint density at radius 2 is 2.21 bits per heavy atom. The molecule has 2 rings (SSSR count). The van der Waals surface area contributed by atoms with Crippen molar-refractivity contribution in [3.05, 3.63) is 48.2 Å². The summed E-state index contributed by atoms with van der Waals surface area (Å²) < 4.78 is 18.2. The number of ether oxygens (including phenoxy) is 1. The van der Waals surface area contributed by atoms with Crippen LogP contribution in [0.5, 0.6) is 5.88 Å². The van der Waals surface area contributed by atoms with E-state index in [0.29, 0.717) is 18.2 Å². The minimum atomic E-state index is -0.705. The molecule has 2 aromatic rings. The first-order valence-electron chi connectivity index (χ1n) is 5.72. The van der Waals surface area contributed by atoms with Gasteiger partial charge in [-0.2, -0.15) is 4.39 Å². The van der Waals surface area contributed by atoms with Crippen LogP contribution in [0.4, 0.5) is 10.1 Å². The van der Waals surface area contributed by atoms with Crippen LogP contribution in [0.3, 0.4) is 0 Å². The van der Waals surface area contributed by atoms with E-state index in [4.69, 9.17) is 4.74 Å². The largest absolute Gasteiger partial charge is 0.476 e. The van der Waals surface area contributed by atoms with Gasteiger partial charge in [-0.15, -0.1) is 0 Å². The molecule has 0 radical (unpaired) electrons. The highest BCUT2D eigenvalue weighted by molar-refractivity contribution is 6.03. The molecule has 1 N–H and O–H groups in total. The molecule has 1 amide bonds. The van der Waals surface area contributed by atoms with E-state index in [0.717, 1.165) is 0 Å². The van der Waals surface area contributed by atoms with Gasteiger partial charge in [0.25, 0.3) is 5.91 Å². The highest BCUT2D eigenvalue weighted by atomic mass is 19.1. The standard InChI is InChI=1S/C13H12FN3O2/c1-2-19-13-10(6-4-8-15-13)17-12(18)9-5-3-7-11(14)16-9/h3-8H,2H2,1H3,(H,17,18). The van der Waals surface area contributed by atoms with Gasteiger partial charge in [0.15, 0.2) is 0 Å². The zero-order chi connectivity index (χ0) is 13.7. The Bertz CT molecular complexity index is 590. The van der Waals surface area contributed by atoms with Crippen molar-refractivity contribution in [1.82, 2.24) is 9.97 Å². The summed E-state index contributed by atoms with van der Waals surface area (Å²) in [7, 11) is 0. The molecule has 0 atom stereocenters. The number of carbonyl (C=O) groups is 1. The average Bonchev–Trinajstić information content (AvgIpc) is 2.41. The van der Waals surface area contributed by atoms with Crippen LogP contribution in [0.2, 0.25) is 0 Å². The fourth-order valence-corrected chi connectivity index (χ4v) is 1.46. The number of hydrogen-bond donors (Lipinski definition) is 1. The summed E-state index contributed by atoms with van der Waals surface area (Å²) in [6, 6.07) is 7.33. The fraction of sp³-hybridized carbons (Fsp3) is 0.154. The lowest BCUT2D eigenvalue weighted by Gasteiger charge is -2.09. The van der Waals surface area contributed by atoms with E-state index < -0.39 is 11.9 Å². The second-order valence-corrected chi connectivity index (χ2v) is 3.59. The van der Waals surface area contributed by atoms with Gasteiger partial charge in [-0.1, -0.05) is 6.07 Å². The molecule has 0 bridgehead atoms. The SMILES string of the molecule is CCOc1ncccc1NC(=O)c1cccc(F)n1. The maximum absolute atomic E-state index is 12.9. The molecule has 0 saturated heterocycles. The lowest BCUT2D eigenvalue weighted by atomic mass is 10.3. The van der Waals surface area contributed by atoms with Gasteiger partial charge in [0.05, 0.1) is 6.61 Å². The van der Waals surface area contributed by atoms with Crippen molar-refractivity contribution in [2.75, 3.05) is 11.9 Å². The molecular weight excluding hydrogens is 249 g/mol. The third-order valence-electron chi connectivity index (χ3n) is 2.25. The Morgan fingerprint density at radius 1 is 1.37 bits per heavy atom. The monoisotopic (exact) mass is 261 g/mol. The van der Waals surface area contributed by atoms with Crippen LogP contribution in [0, 0.1) is 5.95 Å². The number of pyridine rings is 2. The molecule has 0 spiro atoms. The molecule has 5 nitrogen and oxygen atoms in total. The Balaban J connectivity index is 2.19. The number of rotatable bonds is 4. The van der Waals surface area contributed by atoms with E-state index >= 15 is 0 Å². The van der Waals surface area contributed by atoms with Gasteiger partial charge in [-0.05, 0) is 31.2 Å². The van der Waals surface area contributed by atoms with Crippen molar-refractivity contribution >= 4 is 11.6 Å². The van der Waals surface area contributed by atoms with Gasteiger partial charge in [0, 0.05) is 6.20 Å². The minimum Gasteiger partial charge on any atom is -0.476 e. The summed E-state index contributed by atoms with van der Waals surface area (Å²) in [5.41, 5.74) is 0.409. The van der Waals surface area contributed by atoms with Gasteiger partial charge < -0.3 is 10.1 Å². The molecule has 0 aromatic carbocycles. The normalized spacial score (nSPS) is 10.0. The molecular formula is C13H12FN3O2. The molecule has 2 aromatic heterocycles. The Kier molecular flexibility index (Phi) is 4.02. The summed E-state index contributed by atoms with van der Waals surface area (Å²) in [6.07, 6.45) is 1.56. The van der Waals surface area contributed by atoms with E-state index in [2.05, 4.69) is 15.3 Å². The summed E-state index contributed by atoms with van der Waals surface area (Å²) in [5.74, 6) is -0.910. The fourth-order valence-electron chi connectivity index (χ4n) is 1.46. The number of nitrogens with zero attached hydrogens (tertiary/aromatic N) is 2. The van der Waals surface area contributed by atoms with Crippen LogP contribution >= 0.6 is 0 Å². The smallest absolute Gasteiger partial charge is 0.274 e. The molecule has 0 unspecified atom stereocenters. The Hall–Kier alpha value is -2.50. The molecule has 0 aliphatic heterocycles. The van der Waals surface area contributed by atoms with Crippen molar-refractivity contribution in [3.8, 4) is 5.88 Å². The quantitative estimate of drug-likeness (QED) is 0.857. The lowest BCUT2D eigenvalue weighted by Crippen LogP contribution is -2.15. The molecule has 0 fully saturated rings. The van der Waals surface area contributed by atoms with Crippen molar-refractivity contribution in [3.63, 3.8) is 0 Å². The van der Waals surface area contributed by atoms with Gasteiger partial charge >= 0.3 is 0 Å². The predicted molar refractivity (Wildman–Crippen MR) is 67.6 cm³/mol. The summed E-state index contributed by atoms with van der Waals surface area (Å²) in [6.45, 7) is 2.24. The number of aromatic nitrogens is 2. The molecule has 0 aliphatic carbocycles. The maximum atomic E-state index is 12.9. The third-order valence-corrected chi connectivity index (χ3v) is 2.25. The van der Waals surface area contributed by atoms with E-state index in [9.17, 15) is 9.18 Å². The predicted octanol–water partition coefficient (Wildman–Crippen LogP) is 2.27. The first-order valence-corrected chi connectivity index (χ1v) is 5.72. The maximum Gasteiger partial charge on any atom is 0.274 e. The molecule has 0 saturated carbocycles. The zero-order valence-electron chi connectivity index (χ0n) is 10.3. The number of carbonyl (C=O) groups excluding carboxylic acids is 1. The van der Waals surface area contributed by atoms with E-state index in [1.165, 1.54) is 18.2 Å². The van der Waals surface area contributed by atoms with E-state index in [1.54, 1.807) is 18.3 Å². The summed E-state index contributed by atoms with van der Waals surface area (Å²) in [4.78, 5) is 19.4. The second-order valence-electron chi connectivity index (χ2n) is 3.59. The van der Waals surface area contributed by atoms with Crippen LogP contribution in [0.15, 0.2) is 36.5 Å². The Labute approximate surface area is 109 Å². The van der Waals surface area contributed by atoms with Crippen LogP contribution in [0.1, 0.15) is 17.4 Å². The van der Waals surface area contributed by atoms with Crippen molar-refractivity contribution in [2.45, 2.75) is 6.92 Å². The van der Waals surface area contributed by atoms with Crippen LogP contribution in [-0.4, -0.2) is 22.5 Å². The second kappa shape index (κ2) is 5.90. The average molecular weight is 261 g/mol. The zero-order valence-corrected chi connectivity index (χ0v) is 10.3. The highest BCUT2D eigenvalue weighted by Crippen LogP contribution is 2.20. The lowest BCUT2D eigenvalue weighted by molar-refractivity contribution is 0.102. The van der Waals surface area contributed by atoms with Crippen molar-refractivity contribution in [2.24, 2.45) is 0 Å². The van der Waals surface area contributed by atoms with Crippen molar-refractivity contribution in [1.29, 1.82) is 0 Å².